The van der Waals surface area contributed by atoms with Gasteiger partial charge in [-0.2, -0.15) is 0 Å². The van der Waals surface area contributed by atoms with E-state index in [1.54, 1.807) is 13.8 Å². The van der Waals surface area contributed by atoms with E-state index in [0.717, 1.165) is 13.1 Å². The molecule has 0 aromatic carbocycles. The number of amides is 1. The second-order valence-electron chi connectivity index (χ2n) is 6.92. The molecule has 2 atom stereocenters. The monoisotopic (exact) mass is 285 g/mol. The Morgan fingerprint density at radius 2 is 2.00 bits per heavy atom. The third kappa shape index (κ3) is 3.31. The number of nitrogens with zero attached hydrogens (tertiary/aromatic N) is 2. The number of ether oxygens (including phenoxy) is 1. The Morgan fingerprint density at radius 3 is 2.45 bits per heavy atom. The number of β-amino-alcohol motifs (C(OH)–C–C–N with tert-alkyl or cyclic N) is 1. The molecule has 0 aliphatic carbocycles. The fraction of sp³-hybridized carbons (Fsp3) is 0.929. The lowest BCUT2D eigenvalue weighted by atomic mass is 9.84. The fourth-order valence-corrected chi connectivity index (χ4v) is 2.93. The molecule has 0 aromatic heterocycles. The maximum absolute atomic E-state index is 12.6. The molecule has 0 aromatic rings. The zero-order chi connectivity index (χ0) is 15.0. The zero-order valence-electron chi connectivity index (χ0n) is 12.8. The van der Waals surface area contributed by atoms with Crippen LogP contribution >= 0.6 is 0 Å². The van der Waals surface area contributed by atoms with Crippen LogP contribution in [0.15, 0.2) is 0 Å². The summed E-state index contributed by atoms with van der Waals surface area (Å²) in [6, 6.07) is -0.218. The lowest BCUT2D eigenvalue weighted by molar-refractivity contribution is -0.143. The average molecular weight is 285 g/mol. The maximum atomic E-state index is 12.6. The zero-order valence-corrected chi connectivity index (χ0v) is 12.8. The van der Waals surface area contributed by atoms with E-state index in [4.69, 9.17) is 10.5 Å². The van der Waals surface area contributed by atoms with Gasteiger partial charge >= 0.3 is 0 Å². The lowest BCUT2D eigenvalue weighted by Crippen LogP contribution is -2.57. The molecule has 20 heavy (non-hydrogen) atoms. The number of hydrogen-bond donors (Lipinski definition) is 2. The smallest absolute Gasteiger partial charge is 0.232 e. The van der Waals surface area contributed by atoms with Crippen molar-refractivity contribution in [3.63, 3.8) is 0 Å². The minimum absolute atomic E-state index is 0.102. The Kier molecular flexibility index (Phi) is 4.39. The second-order valence-corrected chi connectivity index (χ2v) is 6.92. The predicted molar refractivity (Wildman–Crippen MR) is 76.2 cm³/mol. The number of carbonyl (C=O) groups is 1. The number of aliphatic hydroxyl groups is 1. The Morgan fingerprint density at radius 1 is 1.40 bits per heavy atom. The molecular formula is C14H27N3O3. The van der Waals surface area contributed by atoms with Gasteiger partial charge in [-0.3, -0.25) is 9.69 Å². The third-order valence-corrected chi connectivity index (χ3v) is 4.28. The molecule has 0 bridgehead atoms. The molecular weight excluding hydrogens is 258 g/mol. The molecule has 0 radical (unpaired) electrons. The second kappa shape index (κ2) is 5.60. The standard InChI is InChI=1S/C14H27N3O3/c1-13(2,19)9-16-4-6-17(7-5-16)12(18)14(3)10-20-8-11(14)15/h11,19H,4-10,15H2,1-3H3. The van der Waals surface area contributed by atoms with Crippen LogP contribution in [0.1, 0.15) is 20.8 Å². The normalized spacial score (nSPS) is 32.6. The van der Waals surface area contributed by atoms with Gasteiger partial charge in [0.15, 0.2) is 0 Å². The van der Waals surface area contributed by atoms with E-state index < -0.39 is 11.0 Å². The summed E-state index contributed by atoms with van der Waals surface area (Å²) in [5.41, 5.74) is 4.74. The van der Waals surface area contributed by atoms with Gasteiger partial charge in [0, 0.05) is 38.8 Å². The van der Waals surface area contributed by atoms with Crippen molar-refractivity contribution >= 4 is 5.91 Å². The molecule has 2 aliphatic rings. The van der Waals surface area contributed by atoms with Crippen molar-refractivity contribution in [2.24, 2.45) is 11.1 Å². The van der Waals surface area contributed by atoms with Gasteiger partial charge in [0.05, 0.1) is 24.2 Å². The first kappa shape index (κ1) is 15.7. The predicted octanol–water partition coefficient (Wildman–Crippen LogP) is -0.735. The topological polar surface area (TPSA) is 79.0 Å². The van der Waals surface area contributed by atoms with Crippen molar-refractivity contribution < 1.29 is 14.6 Å². The van der Waals surface area contributed by atoms with Crippen molar-refractivity contribution in [2.75, 3.05) is 45.9 Å². The van der Waals surface area contributed by atoms with Crippen LogP contribution in [0.2, 0.25) is 0 Å². The highest BCUT2D eigenvalue weighted by molar-refractivity contribution is 5.83. The van der Waals surface area contributed by atoms with Crippen molar-refractivity contribution in [1.82, 2.24) is 9.80 Å². The van der Waals surface area contributed by atoms with E-state index in [-0.39, 0.29) is 11.9 Å². The number of hydrogen-bond acceptors (Lipinski definition) is 5. The summed E-state index contributed by atoms with van der Waals surface area (Å²) in [5.74, 6) is 0.102. The third-order valence-electron chi connectivity index (χ3n) is 4.28. The molecule has 2 unspecified atom stereocenters. The quantitative estimate of drug-likeness (QED) is 0.714. The van der Waals surface area contributed by atoms with Gasteiger partial charge in [-0.05, 0) is 20.8 Å². The first-order valence-corrected chi connectivity index (χ1v) is 7.30. The van der Waals surface area contributed by atoms with Crippen molar-refractivity contribution in [1.29, 1.82) is 0 Å². The molecule has 2 heterocycles. The van der Waals surface area contributed by atoms with Gasteiger partial charge in [-0.15, -0.1) is 0 Å². The van der Waals surface area contributed by atoms with Crippen molar-refractivity contribution in [2.45, 2.75) is 32.4 Å². The molecule has 6 nitrogen and oxygen atoms in total. The molecule has 1 amide bonds. The molecule has 116 valence electrons. The van der Waals surface area contributed by atoms with Gasteiger partial charge in [-0.1, -0.05) is 0 Å². The van der Waals surface area contributed by atoms with E-state index in [0.29, 0.717) is 32.8 Å². The van der Waals surface area contributed by atoms with Gasteiger partial charge in [0.25, 0.3) is 0 Å². The van der Waals surface area contributed by atoms with E-state index in [1.165, 1.54) is 0 Å². The number of rotatable bonds is 3. The van der Waals surface area contributed by atoms with Crippen LogP contribution < -0.4 is 5.73 Å². The number of nitrogens with two attached hydrogens (primary N) is 1. The first-order valence-electron chi connectivity index (χ1n) is 7.30. The summed E-state index contributed by atoms with van der Waals surface area (Å²) < 4.78 is 5.36. The van der Waals surface area contributed by atoms with Gasteiger partial charge in [0.2, 0.25) is 5.91 Å². The van der Waals surface area contributed by atoms with E-state index >= 15 is 0 Å². The summed E-state index contributed by atoms with van der Waals surface area (Å²) in [5, 5.41) is 9.84. The minimum atomic E-state index is -0.695. The molecule has 2 rings (SSSR count). The van der Waals surface area contributed by atoms with Crippen LogP contribution in [-0.4, -0.2) is 78.4 Å². The lowest BCUT2D eigenvalue weighted by Gasteiger charge is -2.40. The van der Waals surface area contributed by atoms with Crippen LogP contribution in [0.25, 0.3) is 0 Å². The summed E-state index contributed by atoms with van der Waals surface area (Å²) in [6.45, 7) is 9.99. The van der Waals surface area contributed by atoms with Crippen LogP contribution in [0.4, 0.5) is 0 Å². The number of carbonyl (C=O) groups excluding carboxylic acids is 1. The summed E-state index contributed by atoms with van der Waals surface area (Å²) in [4.78, 5) is 16.7. The van der Waals surface area contributed by atoms with Gasteiger partial charge in [0.1, 0.15) is 0 Å². The summed E-state index contributed by atoms with van der Waals surface area (Å²) >= 11 is 0. The van der Waals surface area contributed by atoms with Crippen LogP contribution in [0.5, 0.6) is 0 Å². The van der Waals surface area contributed by atoms with Crippen LogP contribution in [0.3, 0.4) is 0 Å². The Bertz CT molecular complexity index is 361. The largest absolute Gasteiger partial charge is 0.389 e. The van der Waals surface area contributed by atoms with Crippen LogP contribution in [0, 0.1) is 5.41 Å². The van der Waals surface area contributed by atoms with E-state index in [9.17, 15) is 9.90 Å². The molecule has 3 N–H and O–H groups in total. The highest BCUT2D eigenvalue weighted by Crippen LogP contribution is 2.30. The number of piperazine rings is 1. The molecule has 2 fully saturated rings. The van der Waals surface area contributed by atoms with Gasteiger partial charge < -0.3 is 20.5 Å². The Hall–Kier alpha value is -0.690. The first-order chi connectivity index (χ1) is 9.22. The average Bonchev–Trinajstić information content (AvgIpc) is 2.69. The molecule has 0 spiro atoms. The molecule has 6 heteroatoms. The highest BCUT2D eigenvalue weighted by atomic mass is 16.5. The van der Waals surface area contributed by atoms with E-state index in [2.05, 4.69) is 4.90 Å². The van der Waals surface area contributed by atoms with Gasteiger partial charge in [-0.25, -0.2) is 0 Å². The minimum Gasteiger partial charge on any atom is -0.389 e. The SMILES string of the molecule is CC(C)(O)CN1CCN(C(=O)C2(C)COCC2N)CC1. The van der Waals surface area contributed by atoms with Crippen molar-refractivity contribution in [3.05, 3.63) is 0 Å². The summed E-state index contributed by atoms with van der Waals surface area (Å²) in [6.07, 6.45) is 0. The molecule has 0 saturated carbocycles. The van der Waals surface area contributed by atoms with E-state index in [1.807, 2.05) is 11.8 Å². The molecule has 2 aliphatic heterocycles. The fourth-order valence-electron chi connectivity index (χ4n) is 2.93. The van der Waals surface area contributed by atoms with Crippen LogP contribution in [-0.2, 0) is 9.53 Å². The Labute approximate surface area is 120 Å². The highest BCUT2D eigenvalue weighted by Gasteiger charge is 2.46. The molecule has 2 saturated heterocycles. The Balaban J connectivity index is 1.89. The maximum Gasteiger partial charge on any atom is 0.232 e. The van der Waals surface area contributed by atoms with Crippen molar-refractivity contribution in [3.8, 4) is 0 Å². The summed E-state index contributed by atoms with van der Waals surface area (Å²) in [7, 11) is 0.